The molecular formula is C13H24. The molecule has 0 N–H and O–H groups in total. The van der Waals surface area contributed by atoms with Crippen LogP contribution in [0, 0.1) is 29.6 Å². The zero-order chi connectivity index (χ0) is 10.3. The summed E-state index contributed by atoms with van der Waals surface area (Å²) in [4.78, 5) is 0. The highest BCUT2D eigenvalue weighted by Crippen LogP contribution is 2.14. The van der Waals surface area contributed by atoms with Gasteiger partial charge in [0.05, 0.1) is 0 Å². The molecule has 0 fully saturated rings. The first-order chi connectivity index (χ1) is 6.02. The third-order valence-electron chi connectivity index (χ3n) is 2.08. The molecule has 0 spiro atoms. The van der Waals surface area contributed by atoms with Gasteiger partial charge in [-0.05, 0) is 18.3 Å². The van der Waals surface area contributed by atoms with E-state index in [1.54, 1.807) is 0 Å². The second-order valence-electron chi connectivity index (χ2n) is 4.76. The molecule has 0 rings (SSSR count). The molecule has 0 aromatic heterocycles. The molecule has 0 aliphatic carbocycles. The van der Waals surface area contributed by atoms with E-state index in [1.807, 2.05) is 0 Å². The third kappa shape index (κ3) is 9.47. The van der Waals surface area contributed by atoms with E-state index in [9.17, 15) is 0 Å². The van der Waals surface area contributed by atoms with Crippen LogP contribution in [-0.2, 0) is 0 Å². The Bertz CT molecular complexity index is 166. The fourth-order valence-electron chi connectivity index (χ4n) is 1.16. The molecule has 0 aromatic rings. The summed E-state index contributed by atoms with van der Waals surface area (Å²) in [5.74, 6) is 8.60. The lowest BCUT2D eigenvalue weighted by atomic mass is 9.97. The minimum absolute atomic E-state index is 0.525. The Labute approximate surface area is 84.1 Å². The summed E-state index contributed by atoms with van der Waals surface area (Å²) < 4.78 is 0. The van der Waals surface area contributed by atoms with Crippen molar-refractivity contribution in [3.63, 3.8) is 0 Å². The van der Waals surface area contributed by atoms with Crippen LogP contribution in [0.2, 0.25) is 0 Å². The van der Waals surface area contributed by atoms with Crippen LogP contribution in [0.25, 0.3) is 0 Å². The van der Waals surface area contributed by atoms with Crippen molar-refractivity contribution in [2.75, 3.05) is 0 Å². The van der Waals surface area contributed by atoms with E-state index < -0.39 is 0 Å². The van der Waals surface area contributed by atoms with Crippen molar-refractivity contribution in [1.29, 1.82) is 0 Å². The molecule has 0 unspecified atom stereocenters. The Morgan fingerprint density at radius 1 is 0.923 bits per heavy atom. The first-order valence-electron chi connectivity index (χ1n) is 5.50. The summed E-state index contributed by atoms with van der Waals surface area (Å²) in [5, 5.41) is 0. The molecule has 0 aliphatic rings. The molecule has 0 heteroatoms. The van der Waals surface area contributed by atoms with Crippen LogP contribution in [0.5, 0.6) is 0 Å². The van der Waals surface area contributed by atoms with Gasteiger partial charge in [-0.15, -0.1) is 11.8 Å². The molecule has 13 heavy (non-hydrogen) atoms. The van der Waals surface area contributed by atoms with Crippen molar-refractivity contribution in [2.45, 2.75) is 53.9 Å². The molecule has 0 saturated carbocycles. The van der Waals surface area contributed by atoms with Crippen LogP contribution >= 0.6 is 0 Å². The van der Waals surface area contributed by atoms with Gasteiger partial charge in [-0.1, -0.05) is 41.0 Å². The van der Waals surface area contributed by atoms with Crippen molar-refractivity contribution in [1.82, 2.24) is 0 Å². The summed E-state index contributed by atoms with van der Waals surface area (Å²) in [7, 11) is 0. The zero-order valence-corrected chi connectivity index (χ0v) is 9.85. The van der Waals surface area contributed by atoms with Crippen LogP contribution in [-0.4, -0.2) is 0 Å². The molecule has 0 saturated heterocycles. The molecule has 0 aliphatic heterocycles. The van der Waals surface area contributed by atoms with Crippen molar-refractivity contribution >= 4 is 0 Å². The van der Waals surface area contributed by atoms with E-state index in [-0.39, 0.29) is 0 Å². The van der Waals surface area contributed by atoms with Gasteiger partial charge in [0.15, 0.2) is 0 Å². The van der Waals surface area contributed by atoms with Gasteiger partial charge in [0.2, 0.25) is 0 Å². The molecule has 0 amide bonds. The molecule has 0 radical (unpaired) electrons. The van der Waals surface area contributed by atoms with Crippen LogP contribution in [0.4, 0.5) is 0 Å². The van der Waals surface area contributed by atoms with Crippen molar-refractivity contribution in [3.8, 4) is 11.8 Å². The van der Waals surface area contributed by atoms with E-state index in [4.69, 9.17) is 0 Å². The monoisotopic (exact) mass is 180 g/mol. The number of hydrogen-bond donors (Lipinski definition) is 0. The molecule has 0 nitrogen and oxygen atoms in total. The summed E-state index contributed by atoms with van der Waals surface area (Å²) in [5.41, 5.74) is 0. The molecular weight excluding hydrogens is 156 g/mol. The van der Waals surface area contributed by atoms with E-state index in [2.05, 4.69) is 46.5 Å². The Morgan fingerprint density at radius 2 is 1.54 bits per heavy atom. The smallest absolute Gasteiger partial charge is 0.0146 e. The predicted molar refractivity (Wildman–Crippen MR) is 60.5 cm³/mol. The van der Waals surface area contributed by atoms with Crippen LogP contribution < -0.4 is 0 Å². The highest BCUT2D eigenvalue weighted by atomic mass is 14.1. The molecule has 1 atom stereocenters. The number of rotatable bonds is 4. The maximum absolute atomic E-state index is 3.26. The lowest BCUT2D eigenvalue weighted by molar-refractivity contribution is 0.457. The first-order valence-corrected chi connectivity index (χ1v) is 5.50. The van der Waals surface area contributed by atoms with E-state index in [1.165, 1.54) is 12.8 Å². The van der Waals surface area contributed by atoms with Crippen LogP contribution in [0.3, 0.4) is 0 Å². The first kappa shape index (κ1) is 12.6. The van der Waals surface area contributed by atoms with Gasteiger partial charge in [0.25, 0.3) is 0 Å². The van der Waals surface area contributed by atoms with Crippen LogP contribution in [0.15, 0.2) is 0 Å². The van der Waals surface area contributed by atoms with E-state index in [0.717, 1.165) is 18.3 Å². The fourth-order valence-corrected chi connectivity index (χ4v) is 1.16. The van der Waals surface area contributed by atoms with Crippen molar-refractivity contribution < 1.29 is 0 Å². The van der Waals surface area contributed by atoms with Gasteiger partial charge < -0.3 is 0 Å². The van der Waals surface area contributed by atoms with Crippen LogP contribution in [0.1, 0.15) is 53.9 Å². The normalized spacial score (nSPS) is 12.8. The summed E-state index contributed by atoms with van der Waals surface area (Å²) in [6.45, 7) is 11.2. The quantitative estimate of drug-likeness (QED) is 0.571. The fraction of sp³-hybridized carbons (Fsp3) is 0.846. The summed E-state index contributed by atoms with van der Waals surface area (Å²) in [6, 6.07) is 0. The summed E-state index contributed by atoms with van der Waals surface area (Å²) in [6.07, 6.45) is 3.74. The largest absolute Gasteiger partial charge is 0.103 e. The standard InChI is InChI=1S/C13H24/c1-11(2)7-6-8-13(5)10-9-12(3)4/h11-13H,8-10H2,1-5H3/t13-/m1/s1. The second kappa shape index (κ2) is 7.01. The van der Waals surface area contributed by atoms with Gasteiger partial charge in [0, 0.05) is 12.3 Å². The van der Waals surface area contributed by atoms with Crippen molar-refractivity contribution in [2.24, 2.45) is 17.8 Å². The maximum atomic E-state index is 3.26. The molecule has 0 bridgehead atoms. The maximum Gasteiger partial charge on any atom is 0.0146 e. The van der Waals surface area contributed by atoms with E-state index >= 15 is 0 Å². The average molecular weight is 180 g/mol. The molecule has 0 aromatic carbocycles. The number of hydrogen-bond acceptors (Lipinski definition) is 0. The highest BCUT2D eigenvalue weighted by molar-refractivity contribution is 5.01. The zero-order valence-electron chi connectivity index (χ0n) is 9.85. The minimum Gasteiger partial charge on any atom is -0.103 e. The Balaban J connectivity index is 3.53. The Morgan fingerprint density at radius 3 is 2.00 bits per heavy atom. The van der Waals surface area contributed by atoms with E-state index in [0.29, 0.717) is 5.92 Å². The lowest BCUT2D eigenvalue weighted by Crippen LogP contribution is -1.96. The van der Waals surface area contributed by atoms with Gasteiger partial charge in [0.1, 0.15) is 0 Å². The molecule has 0 heterocycles. The van der Waals surface area contributed by atoms with Gasteiger partial charge in [-0.25, -0.2) is 0 Å². The Hall–Kier alpha value is -0.440. The van der Waals surface area contributed by atoms with Gasteiger partial charge in [-0.2, -0.15) is 0 Å². The topological polar surface area (TPSA) is 0 Å². The Kier molecular flexibility index (Phi) is 6.77. The highest BCUT2D eigenvalue weighted by Gasteiger charge is 2.01. The SMILES string of the molecule is CC(C)C#CC[C@@H](C)CCC(C)C. The van der Waals surface area contributed by atoms with Gasteiger partial charge >= 0.3 is 0 Å². The van der Waals surface area contributed by atoms with Gasteiger partial charge in [-0.3, -0.25) is 0 Å². The molecule has 76 valence electrons. The second-order valence-corrected chi connectivity index (χ2v) is 4.76. The van der Waals surface area contributed by atoms with Crippen molar-refractivity contribution in [3.05, 3.63) is 0 Å². The minimum atomic E-state index is 0.525. The third-order valence-corrected chi connectivity index (χ3v) is 2.08. The predicted octanol–water partition coefficient (Wildman–Crippen LogP) is 4.11. The lowest BCUT2D eigenvalue weighted by Gasteiger charge is -2.09. The summed E-state index contributed by atoms with van der Waals surface area (Å²) >= 11 is 0. The average Bonchev–Trinajstić information content (AvgIpc) is 2.00.